The van der Waals surface area contributed by atoms with Crippen LogP contribution in [0.4, 0.5) is 4.39 Å². The van der Waals surface area contributed by atoms with Gasteiger partial charge in [0, 0.05) is 39.9 Å². The average molecular weight is 446 g/mol. The lowest BCUT2D eigenvalue weighted by Gasteiger charge is -2.28. The molecule has 1 fully saturated rings. The van der Waals surface area contributed by atoms with E-state index in [-0.39, 0.29) is 24.8 Å². The molecule has 5 rings (SSSR count). The van der Waals surface area contributed by atoms with Crippen molar-refractivity contribution in [1.29, 1.82) is 5.26 Å². The molecule has 1 saturated heterocycles. The van der Waals surface area contributed by atoms with E-state index in [4.69, 9.17) is 4.74 Å². The smallest absolute Gasteiger partial charge is 0.332 e. The number of carboxylic acid groups (broad SMARTS) is 1. The maximum Gasteiger partial charge on any atom is 0.332 e. The summed E-state index contributed by atoms with van der Waals surface area (Å²) in [4.78, 5) is 11.6. The second-order valence-corrected chi connectivity index (χ2v) is 9.21. The van der Waals surface area contributed by atoms with Gasteiger partial charge >= 0.3 is 5.97 Å². The van der Waals surface area contributed by atoms with Crippen molar-refractivity contribution in [1.82, 2.24) is 14.8 Å². The van der Waals surface area contributed by atoms with Gasteiger partial charge in [0.25, 0.3) is 0 Å². The number of fused-ring (bicyclic) bond motifs is 2. The molecule has 3 heterocycles. The summed E-state index contributed by atoms with van der Waals surface area (Å²) in [5, 5.41) is 28.1. The third-order valence-electron chi connectivity index (χ3n) is 6.49. The Balaban J connectivity index is 1.87. The number of nitrogens with zero attached hydrogens (tertiary/aromatic N) is 3. The van der Waals surface area contributed by atoms with Crippen LogP contribution in [0.5, 0.6) is 0 Å². The van der Waals surface area contributed by atoms with Crippen molar-refractivity contribution < 1.29 is 19.0 Å². The molecule has 0 spiro atoms. The number of nitrogens with one attached hydrogen (secondary N) is 1. The van der Waals surface area contributed by atoms with Gasteiger partial charge in [0.15, 0.2) is 6.10 Å². The summed E-state index contributed by atoms with van der Waals surface area (Å²) in [6.45, 7) is 4.29. The van der Waals surface area contributed by atoms with Crippen LogP contribution in [0.1, 0.15) is 43.9 Å². The minimum Gasteiger partial charge on any atom is -0.479 e. The van der Waals surface area contributed by atoms with Gasteiger partial charge in [-0.05, 0) is 48.4 Å². The van der Waals surface area contributed by atoms with Crippen molar-refractivity contribution in [2.45, 2.75) is 44.1 Å². The fourth-order valence-corrected chi connectivity index (χ4v) is 4.97. The van der Waals surface area contributed by atoms with Crippen LogP contribution in [0, 0.1) is 17.1 Å². The van der Waals surface area contributed by atoms with E-state index in [0.29, 0.717) is 6.42 Å². The Labute approximate surface area is 189 Å². The van der Waals surface area contributed by atoms with E-state index < -0.39 is 17.5 Å². The van der Waals surface area contributed by atoms with Gasteiger partial charge in [0.2, 0.25) is 0 Å². The number of ether oxygens (including phenoxy) is 1. The number of halogens is 1. The van der Waals surface area contributed by atoms with E-state index in [1.807, 2.05) is 26.0 Å². The number of nitriles is 1. The molecule has 0 radical (unpaired) electrons. The van der Waals surface area contributed by atoms with Gasteiger partial charge in [-0.25, -0.2) is 9.18 Å². The zero-order valence-electron chi connectivity index (χ0n) is 18.3. The van der Waals surface area contributed by atoms with Gasteiger partial charge in [-0.1, -0.05) is 13.8 Å². The maximum atomic E-state index is 13.8. The second-order valence-electron chi connectivity index (χ2n) is 9.21. The zero-order valence-corrected chi connectivity index (χ0v) is 18.3. The molecule has 8 heteroatoms. The van der Waals surface area contributed by atoms with Gasteiger partial charge in [-0.2, -0.15) is 10.4 Å². The monoisotopic (exact) mass is 446 g/mol. The Morgan fingerprint density at radius 3 is 2.79 bits per heavy atom. The van der Waals surface area contributed by atoms with E-state index in [2.05, 4.69) is 20.8 Å². The van der Waals surface area contributed by atoms with Gasteiger partial charge < -0.3 is 14.4 Å². The van der Waals surface area contributed by atoms with E-state index >= 15 is 0 Å². The normalized spacial score (nSPS) is 18.7. The molecule has 33 heavy (non-hydrogen) atoms. The molecule has 0 aliphatic carbocycles. The molecule has 0 amide bonds. The predicted molar refractivity (Wildman–Crippen MR) is 121 cm³/mol. The number of hydrogen-bond donors (Lipinski definition) is 2. The van der Waals surface area contributed by atoms with E-state index in [1.165, 1.54) is 12.1 Å². The predicted octanol–water partition coefficient (Wildman–Crippen LogP) is 4.79. The van der Waals surface area contributed by atoms with Crippen molar-refractivity contribution in [2.24, 2.45) is 0 Å². The van der Waals surface area contributed by atoms with Crippen LogP contribution in [-0.4, -0.2) is 38.6 Å². The number of carbonyl (C=O) groups is 1. The standard InChI is InChI=1S/C25H23FN4O3/c1-25(2,7-8-27)23-22(15-10-21(24(31)32)33-13-15)18-11-19-14(12-28-29-19)9-20(18)30(23)17-5-3-16(26)4-6-17/h3-6,9,11-12,15,21H,7,10,13H2,1-2H3,(H,28,29)(H,31,32)/t15-,21?/m0/s1. The molecule has 2 aromatic heterocycles. The Hall–Kier alpha value is -3.70. The lowest BCUT2D eigenvalue weighted by Crippen LogP contribution is -2.24. The Bertz CT molecular complexity index is 1410. The first-order valence-electron chi connectivity index (χ1n) is 10.8. The molecule has 168 valence electrons. The number of aromatic nitrogens is 3. The van der Waals surface area contributed by atoms with Crippen LogP contribution in [0.25, 0.3) is 27.5 Å². The van der Waals surface area contributed by atoms with Crippen molar-refractivity contribution in [3.8, 4) is 11.8 Å². The fraction of sp³-hybridized carbons (Fsp3) is 0.320. The molecule has 4 aromatic rings. The summed E-state index contributed by atoms with van der Waals surface area (Å²) >= 11 is 0. The first-order valence-corrected chi connectivity index (χ1v) is 10.8. The molecule has 7 nitrogen and oxygen atoms in total. The highest BCUT2D eigenvalue weighted by Crippen LogP contribution is 2.45. The van der Waals surface area contributed by atoms with Crippen molar-refractivity contribution in [3.05, 3.63) is 59.7 Å². The Morgan fingerprint density at radius 2 is 2.12 bits per heavy atom. The molecule has 2 aromatic carbocycles. The van der Waals surface area contributed by atoms with Crippen LogP contribution in [0.15, 0.2) is 42.6 Å². The summed E-state index contributed by atoms with van der Waals surface area (Å²) in [7, 11) is 0. The summed E-state index contributed by atoms with van der Waals surface area (Å²) in [6, 6.07) is 12.6. The van der Waals surface area contributed by atoms with Crippen LogP contribution in [0.2, 0.25) is 0 Å². The highest BCUT2D eigenvalue weighted by Gasteiger charge is 2.39. The number of aliphatic carboxylic acids is 1. The second kappa shape index (κ2) is 7.71. The number of H-pyrrole nitrogens is 1. The summed E-state index contributed by atoms with van der Waals surface area (Å²) in [5.41, 5.74) is 3.83. The van der Waals surface area contributed by atoms with Gasteiger partial charge in [0.1, 0.15) is 5.82 Å². The molecular formula is C25H23FN4O3. The molecule has 1 aliphatic rings. The highest BCUT2D eigenvalue weighted by molar-refractivity contribution is 5.99. The molecule has 2 N–H and O–H groups in total. The van der Waals surface area contributed by atoms with Crippen LogP contribution >= 0.6 is 0 Å². The van der Waals surface area contributed by atoms with Crippen LogP contribution < -0.4 is 0 Å². The van der Waals surface area contributed by atoms with Crippen LogP contribution in [-0.2, 0) is 14.9 Å². The quantitative estimate of drug-likeness (QED) is 0.459. The molecule has 0 saturated carbocycles. The number of hydrogen-bond acceptors (Lipinski definition) is 4. The lowest BCUT2D eigenvalue weighted by molar-refractivity contribution is -0.147. The molecule has 1 aliphatic heterocycles. The largest absolute Gasteiger partial charge is 0.479 e. The highest BCUT2D eigenvalue weighted by atomic mass is 19.1. The van der Waals surface area contributed by atoms with Gasteiger partial charge in [-0.15, -0.1) is 0 Å². The Kier molecular flexibility index (Phi) is 4.94. The Morgan fingerprint density at radius 1 is 1.36 bits per heavy atom. The topological polar surface area (TPSA) is 104 Å². The van der Waals surface area contributed by atoms with Crippen molar-refractivity contribution in [3.63, 3.8) is 0 Å². The van der Waals surface area contributed by atoms with Gasteiger partial charge in [0.05, 0.1) is 29.9 Å². The summed E-state index contributed by atoms with van der Waals surface area (Å²) in [6.07, 6.45) is 1.47. The third-order valence-corrected chi connectivity index (χ3v) is 6.49. The number of carboxylic acids is 1. The van der Waals surface area contributed by atoms with E-state index in [9.17, 15) is 19.6 Å². The lowest BCUT2D eigenvalue weighted by atomic mass is 9.79. The molecule has 2 atom stereocenters. The summed E-state index contributed by atoms with van der Waals surface area (Å²) in [5.74, 6) is -1.48. The minimum atomic E-state index is -0.978. The molecule has 1 unspecified atom stereocenters. The average Bonchev–Trinajstić information content (AvgIpc) is 3.49. The zero-order chi connectivity index (χ0) is 23.3. The van der Waals surface area contributed by atoms with Crippen molar-refractivity contribution >= 4 is 27.8 Å². The van der Waals surface area contributed by atoms with Gasteiger partial charge in [-0.3, -0.25) is 5.10 Å². The van der Waals surface area contributed by atoms with Crippen LogP contribution in [0.3, 0.4) is 0 Å². The maximum absolute atomic E-state index is 13.8. The molecule has 0 bridgehead atoms. The summed E-state index contributed by atoms with van der Waals surface area (Å²) < 4.78 is 21.5. The van der Waals surface area contributed by atoms with Crippen molar-refractivity contribution in [2.75, 3.05) is 6.61 Å². The number of rotatable bonds is 5. The number of aromatic amines is 1. The molecular weight excluding hydrogens is 423 g/mol. The fourth-order valence-electron chi connectivity index (χ4n) is 4.97. The SMILES string of the molecule is CC(C)(CC#N)c1c([C@@H]2COC(C(=O)O)C2)c2cc3[nH]ncc3cc2n1-c1ccc(F)cc1. The first kappa shape index (κ1) is 21.2. The first-order chi connectivity index (χ1) is 15.8. The third kappa shape index (κ3) is 3.45. The number of benzene rings is 2. The van der Waals surface area contributed by atoms with E-state index in [1.54, 1.807) is 18.3 Å². The minimum absolute atomic E-state index is 0.163. The van der Waals surface area contributed by atoms with E-state index in [0.717, 1.165) is 38.8 Å².